The van der Waals surface area contributed by atoms with Crippen molar-refractivity contribution in [1.82, 2.24) is 14.9 Å². The molecule has 1 aromatic heterocycles. The number of aromatic nitrogens is 2. The molecule has 3 rings (SSSR count). The summed E-state index contributed by atoms with van der Waals surface area (Å²) in [6, 6.07) is 10.2. The molecule has 0 amide bonds. The number of hydrogen-bond acceptors (Lipinski definition) is 4. The summed E-state index contributed by atoms with van der Waals surface area (Å²) < 4.78 is 5.43. The number of aryl methyl sites for hydroxylation is 1. The normalized spacial score (nSPS) is 18.9. The molecule has 0 saturated carbocycles. The van der Waals surface area contributed by atoms with Gasteiger partial charge in [0, 0.05) is 36.5 Å². The van der Waals surface area contributed by atoms with Gasteiger partial charge in [-0.15, -0.1) is 0 Å². The van der Waals surface area contributed by atoms with Gasteiger partial charge in [-0.05, 0) is 32.0 Å². The first-order chi connectivity index (χ1) is 10.3. The monoisotopic (exact) mass is 283 g/mol. The van der Waals surface area contributed by atoms with Gasteiger partial charge >= 0.3 is 0 Å². The van der Waals surface area contributed by atoms with Crippen LogP contribution < -0.4 is 4.74 Å². The number of benzene rings is 1. The third-order valence-electron chi connectivity index (χ3n) is 4.04. The Morgan fingerprint density at radius 1 is 1.29 bits per heavy atom. The van der Waals surface area contributed by atoms with Gasteiger partial charge in [0.15, 0.2) is 0 Å². The van der Waals surface area contributed by atoms with Gasteiger partial charge in [-0.2, -0.15) is 0 Å². The summed E-state index contributed by atoms with van der Waals surface area (Å²) in [6.07, 6.45) is 2.99. The number of likely N-dealkylation sites (tertiary alicyclic amines) is 1. The molecule has 0 spiro atoms. The largest absolute Gasteiger partial charge is 0.496 e. The fourth-order valence-electron chi connectivity index (χ4n) is 2.93. The van der Waals surface area contributed by atoms with Crippen LogP contribution in [0, 0.1) is 6.92 Å². The Morgan fingerprint density at radius 3 is 2.95 bits per heavy atom. The lowest BCUT2D eigenvalue weighted by molar-refractivity contribution is 0.316. The van der Waals surface area contributed by atoms with Gasteiger partial charge in [0.1, 0.15) is 11.6 Å². The van der Waals surface area contributed by atoms with E-state index in [9.17, 15) is 0 Å². The number of hydrogen-bond donors (Lipinski definition) is 0. The molecule has 1 fully saturated rings. The maximum atomic E-state index is 5.43. The second kappa shape index (κ2) is 6.22. The highest BCUT2D eigenvalue weighted by Gasteiger charge is 2.26. The van der Waals surface area contributed by atoms with Crippen LogP contribution in [0.25, 0.3) is 0 Å². The quantitative estimate of drug-likeness (QED) is 0.865. The smallest absolute Gasteiger partial charge is 0.132 e. The van der Waals surface area contributed by atoms with Crippen LogP contribution in [0.5, 0.6) is 5.75 Å². The summed E-state index contributed by atoms with van der Waals surface area (Å²) in [5.41, 5.74) is 2.29. The Kier molecular flexibility index (Phi) is 4.15. The average molecular weight is 283 g/mol. The molecular weight excluding hydrogens is 262 g/mol. The van der Waals surface area contributed by atoms with Crippen molar-refractivity contribution in [2.24, 2.45) is 0 Å². The predicted octanol–water partition coefficient (Wildman–Crippen LogP) is 2.78. The van der Waals surface area contributed by atoms with Crippen LogP contribution in [-0.4, -0.2) is 35.1 Å². The lowest BCUT2D eigenvalue weighted by Gasteiger charge is -2.17. The van der Waals surface area contributed by atoms with Crippen molar-refractivity contribution >= 4 is 0 Å². The number of para-hydroxylation sites is 1. The predicted molar refractivity (Wildman–Crippen MR) is 82.4 cm³/mol. The van der Waals surface area contributed by atoms with E-state index >= 15 is 0 Å². The Bertz CT molecular complexity index is 614. The minimum Gasteiger partial charge on any atom is -0.496 e. The maximum absolute atomic E-state index is 5.43. The van der Waals surface area contributed by atoms with Crippen molar-refractivity contribution in [2.75, 3.05) is 20.2 Å². The SMILES string of the molecule is COc1ccccc1CN1CCC(c2nccc(C)n2)C1. The van der Waals surface area contributed by atoms with Crippen LogP contribution in [0.1, 0.15) is 29.4 Å². The summed E-state index contributed by atoms with van der Waals surface area (Å²) in [5, 5.41) is 0. The molecule has 110 valence electrons. The van der Waals surface area contributed by atoms with Gasteiger partial charge in [-0.25, -0.2) is 9.97 Å². The molecule has 0 bridgehead atoms. The second-order valence-electron chi connectivity index (χ2n) is 5.59. The topological polar surface area (TPSA) is 38.2 Å². The van der Waals surface area contributed by atoms with Crippen LogP contribution in [0.15, 0.2) is 36.5 Å². The van der Waals surface area contributed by atoms with E-state index in [1.54, 1.807) is 7.11 Å². The third-order valence-corrected chi connectivity index (χ3v) is 4.04. The van der Waals surface area contributed by atoms with Crippen molar-refractivity contribution in [3.63, 3.8) is 0 Å². The van der Waals surface area contributed by atoms with Gasteiger partial charge in [0.2, 0.25) is 0 Å². The van der Waals surface area contributed by atoms with E-state index in [-0.39, 0.29) is 0 Å². The fourth-order valence-corrected chi connectivity index (χ4v) is 2.93. The van der Waals surface area contributed by atoms with Gasteiger partial charge in [0.05, 0.1) is 7.11 Å². The Labute approximate surface area is 125 Å². The molecule has 0 radical (unpaired) electrons. The van der Waals surface area contributed by atoms with Gasteiger partial charge in [-0.3, -0.25) is 4.90 Å². The minimum atomic E-state index is 0.444. The number of ether oxygens (including phenoxy) is 1. The molecule has 1 aliphatic rings. The lowest BCUT2D eigenvalue weighted by Crippen LogP contribution is -2.20. The van der Waals surface area contributed by atoms with Crippen molar-refractivity contribution in [1.29, 1.82) is 0 Å². The highest BCUT2D eigenvalue weighted by atomic mass is 16.5. The molecule has 1 aliphatic heterocycles. The van der Waals surface area contributed by atoms with E-state index in [0.29, 0.717) is 5.92 Å². The summed E-state index contributed by atoms with van der Waals surface area (Å²) in [5.74, 6) is 2.39. The Balaban J connectivity index is 1.67. The molecule has 4 heteroatoms. The molecule has 1 atom stereocenters. The molecule has 2 heterocycles. The molecule has 2 aromatic rings. The second-order valence-corrected chi connectivity index (χ2v) is 5.59. The highest BCUT2D eigenvalue weighted by molar-refractivity contribution is 5.33. The molecule has 1 unspecified atom stereocenters. The minimum absolute atomic E-state index is 0.444. The zero-order valence-electron chi connectivity index (χ0n) is 12.6. The van der Waals surface area contributed by atoms with E-state index in [0.717, 1.165) is 43.3 Å². The Hall–Kier alpha value is -1.94. The number of nitrogens with zero attached hydrogens (tertiary/aromatic N) is 3. The average Bonchev–Trinajstić information content (AvgIpc) is 2.96. The van der Waals surface area contributed by atoms with Crippen LogP contribution in [0.2, 0.25) is 0 Å². The van der Waals surface area contributed by atoms with Crippen molar-refractivity contribution in [3.8, 4) is 5.75 Å². The summed E-state index contributed by atoms with van der Waals surface area (Å²) in [7, 11) is 1.73. The molecule has 1 aromatic carbocycles. The standard InChI is InChI=1S/C17H21N3O/c1-13-7-9-18-17(19-13)15-8-10-20(12-15)11-14-5-3-4-6-16(14)21-2/h3-7,9,15H,8,10-12H2,1-2H3. The molecule has 0 aliphatic carbocycles. The lowest BCUT2D eigenvalue weighted by atomic mass is 10.1. The van der Waals surface area contributed by atoms with Crippen molar-refractivity contribution in [3.05, 3.63) is 53.6 Å². The molecular formula is C17H21N3O. The van der Waals surface area contributed by atoms with Crippen LogP contribution in [0.4, 0.5) is 0 Å². The molecule has 4 nitrogen and oxygen atoms in total. The van der Waals surface area contributed by atoms with Crippen LogP contribution in [-0.2, 0) is 6.54 Å². The first-order valence-electron chi connectivity index (χ1n) is 7.40. The summed E-state index contributed by atoms with van der Waals surface area (Å²) in [6.45, 7) is 5.04. The van der Waals surface area contributed by atoms with Gasteiger partial charge in [0.25, 0.3) is 0 Å². The maximum Gasteiger partial charge on any atom is 0.132 e. The number of methoxy groups -OCH3 is 1. The molecule has 0 N–H and O–H groups in total. The van der Waals surface area contributed by atoms with E-state index in [1.807, 2.05) is 31.3 Å². The van der Waals surface area contributed by atoms with E-state index in [2.05, 4.69) is 27.0 Å². The third kappa shape index (κ3) is 3.22. The Morgan fingerprint density at radius 2 is 2.14 bits per heavy atom. The first-order valence-corrected chi connectivity index (χ1v) is 7.40. The van der Waals surface area contributed by atoms with Crippen molar-refractivity contribution < 1.29 is 4.74 Å². The van der Waals surface area contributed by atoms with Crippen LogP contribution in [0.3, 0.4) is 0 Å². The molecule has 1 saturated heterocycles. The summed E-state index contributed by atoms with van der Waals surface area (Å²) >= 11 is 0. The summed E-state index contributed by atoms with van der Waals surface area (Å²) in [4.78, 5) is 11.5. The zero-order valence-corrected chi connectivity index (χ0v) is 12.6. The van der Waals surface area contributed by atoms with Gasteiger partial charge < -0.3 is 4.74 Å². The fraction of sp³-hybridized carbons (Fsp3) is 0.412. The first kappa shape index (κ1) is 14.0. The van der Waals surface area contributed by atoms with Crippen molar-refractivity contribution in [2.45, 2.75) is 25.8 Å². The molecule has 21 heavy (non-hydrogen) atoms. The zero-order chi connectivity index (χ0) is 14.7. The van der Waals surface area contributed by atoms with E-state index < -0.39 is 0 Å². The number of rotatable bonds is 4. The van der Waals surface area contributed by atoms with Crippen LogP contribution >= 0.6 is 0 Å². The van der Waals surface area contributed by atoms with Gasteiger partial charge in [-0.1, -0.05) is 18.2 Å². The van der Waals surface area contributed by atoms with E-state index in [1.165, 1.54) is 5.56 Å². The highest BCUT2D eigenvalue weighted by Crippen LogP contribution is 2.27. The van der Waals surface area contributed by atoms with E-state index in [4.69, 9.17) is 4.74 Å².